The molecule has 1 amide bonds. The van der Waals surface area contributed by atoms with Crippen molar-refractivity contribution >= 4 is 5.91 Å². The van der Waals surface area contributed by atoms with E-state index in [4.69, 9.17) is 10.2 Å². The molecule has 23 heavy (non-hydrogen) atoms. The van der Waals surface area contributed by atoms with E-state index in [2.05, 4.69) is 10.3 Å². The van der Waals surface area contributed by atoms with Crippen molar-refractivity contribution in [2.75, 3.05) is 6.54 Å². The van der Waals surface area contributed by atoms with Gasteiger partial charge in [-0.1, -0.05) is 0 Å². The van der Waals surface area contributed by atoms with Crippen molar-refractivity contribution in [1.82, 2.24) is 10.3 Å². The van der Waals surface area contributed by atoms with Crippen molar-refractivity contribution in [1.29, 1.82) is 0 Å². The van der Waals surface area contributed by atoms with Gasteiger partial charge in [-0.2, -0.15) is 0 Å². The zero-order valence-corrected chi connectivity index (χ0v) is 12.8. The predicted molar refractivity (Wildman–Crippen MR) is 83.9 cm³/mol. The molecule has 2 unspecified atom stereocenters. The first kappa shape index (κ1) is 15.7. The third-order valence-corrected chi connectivity index (χ3v) is 4.17. The van der Waals surface area contributed by atoms with Crippen molar-refractivity contribution in [3.63, 3.8) is 0 Å². The molecule has 0 spiro atoms. The second-order valence-corrected chi connectivity index (χ2v) is 5.96. The Morgan fingerprint density at radius 2 is 2.13 bits per heavy atom. The molecule has 5 nitrogen and oxygen atoms in total. The molecule has 1 aliphatic carbocycles. The molecule has 0 saturated heterocycles. The molecule has 0 aliphatic heterocycles. The van der Waals surface area contributed by atoms with E-state index < -0.39 is 0 Å². The minimum absolute atomic E-state index is 0.0390. The van der Waals surface area contributed by atoms with Crippen LogP contribution in [-0.4, -0.2) is 23.5 Å². The number of aromatic nitrogens is 1. The van der Waals surface area contributed by atoms with E-state index in [9.17, 15) is 9.18 Å². The zero-order chi connectivity index (χ0) is 16.2. The Balaban J connectivity index is 1.49. The summed E-state index contributed by atoms with van der Waals surface area (Å²) in [6.45, 7) is 0.514. The van der Waals surface area contributed by atoms with Gasteiger partial charge in [-0.15, -0.1) is 0 Å². The van der Waals surface area contributed by atoms with E-state index in [1.165, 1.54) is 12.1 Å². The topological polar surface area (TPSA) is 81.2 Å². The van der Waals surface area contributed by atoms with Crippen molar-refractivity contribution in [3.05, 3.63) is 42.0 Å². The summed E-state index contributed by atoms with van der Waals surface area (Å²) < 4.78 is 18.3. The Morgan fingerprint density at radius 1 is 1.35 bits per heavy atom. The number of nitrogens with zero attached hydrogens (tertiary/aromatic N) is 1. The standard InChI is InChI=1S/C17H20FN3O2/c18-13-4-1-11(2-5-13)17-21-15(10-23-17)7-8-20-16(22)12-3-6-14(19)9-12/h1-2,4-5,10,12,14H,3,6-9,19H2,(H,20,22). The van der Waals surface area contributed by atoms with Crippen LogP contribution in [0, 0.1) is 11.7 Å². The van der Waals surface area contributed by atoms with Gasteiger partial charge in [0.1, 0.15) is 12.1 Å². The summed E-state index contributed by atoms with van der Waals surface area (Å²) in [6, 6.07) is 6.13. The van der Waals surface area contributed by atoms with Crippen molar-refractivity contribution in [2.24, 2.45) is 11.7 Å². The number of carbonyl (C=O) groups excluding carboxylic acids is 1. The van der Waals surface area contributed by atoms with Crippen molar-refractivity contribution < 1.29 is 13.6 Å². The summed E-state index contributed by atoms with van der Waals surface area (Å²) in [6.07, 6.45) is 4.71. The highest BCUT2D eigenvalue weighted by molar-refractivity contribution is 5.79. The van der Waals surface area contributed by atoms with Gasteiger partial charge < -0.3 is 15.5 Å². The highest BCUT2D eigenvalue weighted by atomic mass is 19.1. The first-order chi connectivity index (χ1) is 11.1. The number of halogens is 1. The van der Waals surface area contributed by atoms with Crippen LogP contribution in [0.15, 0.2) is 34.9 Å². The number of benzene rings is 1. The molecule has 1 fully saturated rings. The maximum Gasteiger partial charge on any atom is 0.226 e. The fourth-order valence-corrected chi connectivity index (χ4v) is 2.86. The second kappa shape index (κ2) is 6.91. The molecule has 1 saturated carbocycles. The van der Waals surface area contributed by atoms with Crippen LogP contribution in [0.2, 0.25) is 0 Å². The largest absolute Gasteiger partial charge is 0.444 e. The van der Waals surface area contributed by atoms with E-state index in [1.54, 1.807) is 18.4 Å². The highest BCUT2D eigenvalue weighted by Gasteiger charge is 2.27. The molecular weight excluding hydrogens is 297 g/mol. The Hall–Kier alpha value is -2.21. The molecule has 1 aromatic carbocycles. The lowest BCUT2D eigenvalue weighted by atomic mass is 10.1. The minimum Gasteiger partial charge on any atom is -0.444 e. The van der Waals surface area contributed by atoms with Crippen LogP contribution in [-0.2, 0) is 11.2 Å². The third kappa shape index (κ3) is 3.96. The summed E-state index contributed by atoms with van der Waals surface area (Å²) >= 11 is 0. The Bertz CT molecular complexity index is 669. The first-order valence-corrected chi connectivity index (χ1v) is 7.85. The monoisotopic (exact) mass is 317 g/mol. The molecule has 2 atom stereocenters. The summed E-state index contributed by atoms with van der Waals surface area (Å²) in [4.78, 5) is 16.3. The Labute approximate surface area is 134 Å². The van der Waals surface area contributed by atoms with Crippen LogP contribution in [0.25, 0.3) is 11.5 Å². The van der Waals surface area contributed by atoms with E-state index >= 15 is 0 Å². The molecule has 122 valence electrons. The normalized spacial score (nSPS) is 20.6. The zero-order valence-electron chi connectivity index (χ0n) is 12.8. The van der Waals surface area contributed by atoms with E-state index in [0.717, 1.165) is 30.5 Å². The van der Waals surface area contributed by atoms with Crippen LogP contribution in [0.1, 0.15) is 25.0 Å². The average Bonchev–Trinajstić information content (AvgIpc) is 3.17. The van der Waals surface area contributed by atoms with Crippen LogP contribution >= 0.6 is 0 Å². The predicted octanol–water partition coefficient (Wildman–Crippen LogP) is 2.27. The number of hydrogen-bond donors (Lipinski definition) is 2. The molecule has 1 aliphatic rings. The third-order valence-electron chi connectivity index (χ3n) is 4.17. The van der Waals surface area contributed by atoms with Gasteiger partial charge in [0.25, 0.3) is 0 Å². The molecule has 2 aromatic rings. The summed E-state index contributed by atoms with van der Waals surface area (Å²) in [7, 11) is 0. The fourth-order valence-electron chi connectivity index (χ4n) is 2.86. The molecule has 1 heterocycles. The molecule has 6 heteroatoms. The Morgan fingerprint density at radius 3 is 2.83 bits per heavy atom. The van der Waals surface area contributed by atoms with Crippen LogP contribution in [0.3, 0.4) is 0 Å². The first-order valence-electron chi connectivity index (χ1n) is 7.85. The number of rotatable bonds is 5. The molecule has 1 aromatic heterocycles. The van der Waals surface area contributed by atoms with E-state index in [1.807, 2.05) is 0 Å². The van der Waals surface area contributed by atoms with Gasteiger partial charge in [0.05, 0.1) is 5.69 Å². The number of hydrogen-bond acceptors (Lipinski definition) is 4. The van der Waals surface area contributed by atoms with Gasteiger partial charge in [0.2, 0.25) is 11.8 Å². The molecule has 0 radical (unpaired) electrons. The molecule has 0 bridgehead atoms. The number of amides is 1. The molecule has 3 N–H and O–H groups in total. The highest BCUT2D eigenvalue weighted by Crippen LogP contribution is 2.24. The van der Waals surface area contributed by atoms with E-state index in [0.29, 0.717) is 18.9 Å². The lowest BCUT2D eigenvalue weighted by Gasteiger charge is -2.09. The average molecular weight is 317 g/mol. The molecule has 3 rings (SSSR count). The number of nitrogens with two attached hydrogens (primary N) is 1. The van der Waals surface area contributed by atoms with Crippen molar-refractivity contribution in [3.8, 4) is 11.5 Å². The van der Waals surface area contributed by atoms with Gasteiger partial charge in [-0.25, -0.2) is 9.37 Å². The van der Waals surface area contributed by atoms with Crippen LogP contribution in [0.4, 0.5) is 4.39 Å². The summed E-state index contributed by atoms with van der Waals surface area (Å²) in [5, 5.41) is 2.92. The summed E-state index contributed by atoms with van der Waals surface area (Å²) in [5.41, 5.74) is 7.31. The van der Waals surface area contributed by atoms with Crippen molar-refractivity contribution in [2.45, 2.75) is 31.7 Å². The SMILES string of the molecule is NC1CCC(C(=O)NCCc2coc(-c3ccc(F)cc3)n2)C1. The van der Waals surface area contributed by atoms with Gasteiger partial charge in [-0.05, 0) is 43.5 Å². The lowest BCUT2D eigenvalue weighted by molar-refractivity contribution is -0.124. The Kier molecular flexibility index (Phi) is 4.71. The number of carbonyl (C=O) groups is 1. The maximum atomic E-state index is 12.9. The van der Waals surface area contributed by atoms with Gasteiger partial charge >= 0.3 is 0 Å². The number of oxazole rings is 1. The maximum absolute atomic E-state index is 12.9. The number of nitrogens with one attached hydrogen (secondary N) is 1. The van der Waals surface area contributed by atoms with Gasteiger partial charge in [0, 0.05) is 30.5 Å². The quantitative estimate of drug-likeness (QED) is 0.886. The molecular formula is C17H20FN3O2. The second-order valence-electron chi connectivity index (χ2n) is 5.96. The smallest absolute Gasteiger partial charge is 0.226 e. The van der Waals surface area contributed by atoms with Gasteiger partial charge in [-0.3, -0.25) is 4.79 Å². The summed E-state index contributed by atoms with van der Waals surface area (Å²) in [5.74, 6) is 0.264. The fraction of sp³-hybridized carbons (Fsp3) is 0.412. The lowest BCUT2D eigenvalue weighted by Crippen LogP contribution is -2.31. The van der Waals surface area contributed by atoms with Crippen LogP contribution < -0.4 is 11.1 Å². The minimum atomic E-state index is -0.296. The van der Waals surface area contributed by atoms with Gasteiger partial charge in [0.15, 0.2) is 0 Å². The van der Waals surface area contributed by atoms with E-state index in [-0.39, 0.29) is 23.7 Å². The van der Waals surface area contributed by atoms with Crippen LogP contribution in [0.5, 0.6) is 0 Å².